The van der Waals surface area contributed by atoms with Crippen molar-refractivity contribution in [3.8, 4) is 0 Å². The van der Waals surface area contributed by atoms with Gasteiger partial charge in [-0.05, 0) is 43.3 Å². The number of aliphatic hydroxyl groups excluding tert-OH is 1. The first-order valence-corrected chi connectivity index (χ1v) is 8.16. The Morgan fingerprint density at radius 1 is 1.22 bits per heavy atom. The molecule has 0 radical (unpaired) electrons. The highest BCUT2D eigenvalue weighted by atomic mass is 16.3. The third-order valence-corrected chi connectivity index (χ3v) is 4.91. The second-order valence-corrected chi connectivity index (χ2v) is 6.60. The van der Waals surface area contributed by atoms with Crippen molar-refractivity contribution in [3.63, 3.8) is 0 Å². The van der Waals surface area contributed by atoms with Crippen LogP contribution in [-0.2, 0) is 13.6 Å². The Bertz CT molecular complexity index is 756. The van der Waals surface area contributed by atoms with Gasteiger partial charge in [0.25, 0.3) is 5.56 Å². The van der Waals surface area contributed by atoms with E-state index in [0.717, 1.165) is 29.4 Å². The van der Waals surface area contributed by atoms with E-state index in [1.54, 1.807) is 11.6 Å². The van der Waals surface area contributed by atoms with E-state index in [1.165, 1.54) is 0 Å². The molecule has 1 saturated heterocycles. The summed E-state index contributed by atoms with van der Waals surface area (Å²) in [6.45, 7) is 1.91. The van der Waals surface area contributed by atoms with Crippen LogP contribution in [0.3, 0.4) is 0 Å². The van der Waals surface area contributed by atoms with Crippen LogP contribution in [0.4, 0.5) is 0 Å². The summed E-state index contributed by atoms with van der Waals surface area (Å²) >= 11 is 0. The zero-order valence-corrected chi connectivity index (χ0v) is 13.5. The van der Waals surface area contributed by atoms with Gasteiger partial charge in [-0.1, -0.05) is 18.2 Å². The van der Waals surface area contributed by atoms with Gasteiger partial charge in [-0.3, -0.25) is 9.69 Å². The van der Waals surface area contributed by atoms with Gasteiger partial charge in [0.15, 0.2) is 0 Å². The molecule has 0 aliphatic carbocycles. The van der Waals surface area contributed by atoms with Crippen LogP contribution in [0.2, 0.25) is 0 Å². The molecule has 0 spiro atoms. The fourth-order valence-electron chi connectivity index (χ4n) is 3.39. The predicted octanol–water partition coefficient (Wildman–Crippen LogP) is 1.25. The fourth-order valence-corrected chi connectivity index (χ4v) is 3.39. The van der Waals surface area contributed by atoms with E-state index in [0.29, 0.717) is 25.9 Å². The smallest absolute Gasteiger partial charge is 0.255 e. The van der Waals surface area contributed by atoms with Crippen LogP contribution in [0.25, 0.3) is 10.9 Å². The quantitative estimate of drug-likeness (QED) is 0.894. The van der Waals surface area contributed by atoms with Crippen molar-refractivity contribution >= 4 is 10.9 Å². The summed E-state index contributed by atoms with van der Waals surface area (Å²) in [7, 11) is 1.81. The molecule has 2 N–H and O–H groups in total. The molecule has 3 rings (SSSR count). The van der Waals surface area contributed by atoms with Crippen molar-refractivity contribution in [3.05, 3.63) is 46.2 Å². The van der Waals surface area contributed by atoms with Crippen molar-refractivity contribution in [1.82, 2.24) is 9.47 Å². The summed E-state index contributed by atoms with van der Waals surface area (Å²) in [6, 6.07) is 9.86. The standard InChI is InChI=1S/C18H24N2O3/c1-19-16-6-3-2-5-14(16)11-15(17(19)22)12-20-9-4-7-18(23,13-21)8-10-20/h2-3,5-6,11,21,23H,4,7-10,12-13H2,1H3/t18-/m0/s1. The molecule has 1 fully saturated rings. The van der Waals surface area contributed by atoms with Crippen LogP contribution < -0.4 is 5.56 Å². The van der Waals surface area contributed by atoms with Crippen molar-refractivity contribution in [1.29, 1.82) is 0 Å². The molecule has 1 atom stereocenters. The van der Waals surface area contributed by atoms with Gasteiger partial charge in [-0.2, -0.15) is 0 Å². The number of para-hydroxylation sites is 1. The summed E-state index contributed by atoms with van der Waals surface area (Å²) in [5, 5.41) is 20.6. The molecule has 2 heterocycles. The van der Waals surface area contributed by atoms with Gasteiger partial charge in [-0.15, -0.1) is 0 Å². The van der Waals surface area contributed by atoms with Crippen molar-refractivity contribution < 1.29 is 10.2 Å². The number of fused-ring (bicyclic) bond motifs is 1. The van der Waals surface area contributed by atoms with Crippen LogP contribution in [-0.4, -0.2) is 45.0 Å². The maximum atomic E-state index is 12.6. The van der Waals surface area contributed by atoms with Crippen LogP contribution in [0.15, 0.2) is 35.1 Å². The number of likely N-dealkylation sites (tertiary alicyclic amines) is 1. The summed E-state index contributed by atoms with van der Waals surface area (Å²) < 4.78 is 1.70. The van der Waals surface area contributed by atoms with Gasteiger partial charge in [-0.25, -0.2) is 0 Å². The molecule has 124 valence electrons. The molecule has 5 heteroatoms. The van der Waals surface area contributed by atoms with Gasteiger partial charge in [0.1, 0.15) is 0 Å². The maximum absolute atomic E-state index is 12.6. The Hall–Kier alpha value is -1.69. The van der Waals surface area contributed by atoms with Gasteiger partial charge in [0, 0.05) is 25.7 Å². The molecule has 0 bridgehead atoms. The number of pyridine rings is 1. The average molecular weight is 316 g/mol. The topological polar surface area (TPSA) is 65.7 Å². The Kier molecular flexibility index (Phi) is 4.53. The van der Waals surface area contributed by atoms with E-state index in [4.69, 9.17) is 0 Å². The second kappa shape index (κ2) is 6.43. The first-order valence-electron chi connectivity index (χ1n) is 8.16. The minimum Gasteiger partial charge on any atom is -0.393 e. The van der Waals surface area contributed by atoms with E-state index < -0.39 is 5.60 Å². The highest BCUT2D eigenvalue weighted by Gasteiger charge is 2.29. The van der Waals surface area contributed by atoms with Gasteiger partial charge in [0.2, 0.25) is 0 Å². The van der Waals surface area contributed by atoms with Crippen molar-refractivity contribution in [2.24, 2.45) is 7.05 Å². The van der Waals surface area contributed by atoms with E-state index in [9.17, 15) is 15.0 Å². The molecule has 1 aliphatic heterocycles. The highest BCUT2D eigenvalue weighted by molar-refractivity contribution is 5.79. The molecule has 1 aromatic carbocycles. The number of benzene rings is 1. The highest BCUT2D eigenvalue weighted by Crippen LogP contribution is 2.23. The molecule has 23 heavy (non-hydrogen) atoms. The van der Waals surface area contributed by atoms with E-state index >= 15 is 0 Å². The Labute approximate surface area is 135 Å². The third kappa shape index (κ3) is 3.32. The van der Waals surface area contributed by atoms with E-state index in [-0.39, 0.29) is 12.2 Å². The molecular weight excluding hydrogens is 292 g/mol. The summed E-state index contributed by atoms with van der Waals surface area (Å²) in [6.07, 6.45) is 1.97. The van der Waals surface area contributed by atoms with Crippen molar-refractivity contribution in [2.75, 3.05) is 19.7 Å². The van der Waals surface area contributed by atoms with E-state index in [2.05, 4.69) is 4.90 Å². The first kappa shape index (κ1) is 16.2. The number of hydrogen-bond acceptors (Lipinski definition) is 4. The first-order chi connectivity index (χ1) is 11.0. The lowest BCUT2D eigenvalue weighted by atomic mass is 9.96. The predicted molar refractivity (Wildman–Crippen MR) is 90.4 cm³/mol. The SMILES string of the molecule is Cn1c(=O)c(CN2CCC[C@@](O)(CO)CC2)cc2ccccc21. The number of aromatic nitrogens is 1. The molecule has 0 amide bonds. The minimum absolute atomic E-state index is 0.0327. The van der Waals surface area contributed by atoms with Crippen molar-refractivity contribution in [2.45, 2.75) is 31.4 Å². The Balaban J connectivity index is 1.84. The zero-order valence-electron chi connectivity index (χ0n) is 13.5. The fraction of sp³-hybridized carbons (Fsp3) is 0.500. The molecule has 0 unspecified atom stereocenters. The van der Waals surface area contributed by atoms with Crippen LogP contribution in [0.1, 0.15) is 24.8 Å². The zero-order chi connectivity index (χ0) is 16.4. The molecule has 1 aromatic heterocycles. The normalized spacial score (nSPS) is 23.1. The summed E-state index contributed by atoms with van der Waals surface area (Å²) in [4.78, 5) is 14.8. The summed E-state index contributed by atoms with van der Waals surface area (Å²) in [5.41, 5.74) is 0.779. The third-order valence-electron chi connectivity index (χ3n) is 4.91. The monoisotopic (exact) mass is 316 g/mol. The minimum atomic E-state index is -0.969. The Morgan fingerprint density at radius 3 is 2.78 bits per heavy atom. The molecular formula is C18H24N2O3. The van der Waals surface area contributed by atoms with Gasteiger partial charge in [0.05, 0.1) is 17.7 Å². The average Bonchev–Trinajstić information content (AvgIpc) is 2.75. The Morgan fingerprint density at radius 2 is 2.00 bits per heavy atom. The molecule has 1 aliphatic rings. The van der Waals surface area contributed by atoms with Gasteiger partial charge >= 0.3 is 0 Å². The molecule has 5 nitrogen and oxygen atoms in total. The summed E-state index contributed by atoms with van der Waals surface area (Å²) in [5.74, 6) is 0. The lowest BCUT2D eigenvalue weighted by molar-refractivity contribution is -0.0255. The lowest BCUT2D eigenvalue weighted by Gasteiger charge is -2.24. The lowest BCUT2D eigenvalue weighted by Crippen LogP contribution is -2.35. The largest absolute Gasteiger partial charge is 0.393 e. The number of aryl methyl sites for hydroxylation is 1. The molecule has 0 saturated carbocycles. The van der Waals surface area contributed by atoms with Crippen LogP contribution in [0, 0.1) is 0 Å². The number of nitrogens with zero attached hydrogens (tertiary/aromatic N) is 2. The van der Waals surface area contributed by atoms with Gasteiger partial charge < -0.3 is 14.8 Å². The number of hydrogen-bond donors (Lipinski definition) is 2. The maximum Gasteiger partial charge on any atom is 0.255 e. The number of aliphatic hydroxyl groups is 2. The van der Waals surface area contributed by atoms with E-state index in [1.807, 2.05) is 30.3 Å². The second-order valence-electron chi connectivity index (χ2n) is 6.60. The van der Waals surface area contributed by atoms with Crippen LogP contribution >= 0.6 is 0 Å². The van der Waals surface area contributed by atoms with Crippen LogP contribution in [0.5, 0.6) is 0 Å². The molecule has 2 aromatic rings. The number of rotatable bonds is 3.